The summed E-state index contributed by atoms with van der Waals surface area (Å²) in [4.78, 5) is 41.5. The molecule has 1 aliphatic heterocycles. The number of carbonyl (C=O) groups is 1. The predicted molar refractivity (Wildman–Crippen MR) is 79.4 cm³/mol. The lowest BCUT2D eigenvalue weighted by Gasteiger charge is -2.32. The molecule has 2 heterocycles. The molecule has 0 spiro atoms. The Morgan fingerprint density at radius 3 is 2.57 bits per heavy atom. The largest absolute Gasteiger partial charge is 0.336 e. The van der Waals surface area contributed by atoms with Gasteiger partial charge in [0.15, 0.2) is 0 Å². The molecule has 0 radical (unpaired) electrons. The first kappa shape index (κ1) is 15.5. The van der Waals surface area contributed by atoms with Crippen molar-refractivity contribution in [1.82, 2.24) is 20.2 Å². The van der Waals surface area contributed by atoms with Crippen LogP contribution in [0.2, 0.25) is 0 Å². The molecule has 116 valence electrons. The van der Waals surface area contributed by atoms with Gasteiger partial charge in [-0.15, -0.1) is 0 Å². The first-order valence-corrected chi connectivity index (χ1v) is 7.32. The number of nitrogens with one attached hydrogen (secondary N) is 3. The summed E-state index contributed by atoms with van der Waals surface area (Å²) in [6.45, 7) is 6.42. The molecule has 0 atom stereocenters. The van der Waals surface area contributed by atoms with E-state index in [0.29, 0.717) is 12.5 Å². The lowest BCUT2D eigenvalue weighted by Crippen LogP contribution is -2.45. The van der Waals surface area contributed by atoms with Gasteiger partial charge in [-0.2, -0.15) is 0 Å². The van der Waals surface area contributed by atoms with E-state index in [1.54, 1.807) is 4.90 Å². The number of piperidine rings is 1. The molecule has 0 saturated carbocycles. The fraction of sp³-hybridized carbons (Fsp3) is 0.643. The molecule has 7 nitrogen and oxygen atoms in total. The predicted octanol–water partition coefficient (Wildman–Crippen LogP) is -0.0866. The van der Waals surface area contributed by atoms with E-state index in [0.717, 1.165) is 25.9 Å². The maximum Gasteiger partial charge on any atom is 0.325 e. The molecule has 0 aromatic carbocycles. The lowest BCUT2D eigenvalue weighted by atomic mass is 9.96. The number of nitrogens with zero attached hydrogens (tertiary/aromatic N) is 1. The van der Waals surface area contributed by atoms with Gasteiger partial charge in [0.1, 0.15) is 5.56 Å². The zero-order valence-electron chi connectivity index (χ0n) is 12.4. The van der Waals surface area contributed by atoms with Gasteiger partial charge < -0.3 is 15.2 Å². The van der Waals surface area contributed by atoms with Crippen LogP contribution in [-0.4, -0.2) is 46.5 Å². The fourth-order valence-corrected chi connectivity index (χ4v) is 2.59. The maximum atomic E-state index is 12.6. The van der Waals surface area contributed by atoms with Gasteiger partial charge in [0, 0.05) is 18.8 Å². The fourth-order valence-electron chi connectivity index (χ4n) is 2.59. The number of aromatic nitrogens is 2. The van der Waals surface area contributed by atoms with E-state index in [-0.39, 0.29) is 17.5 Å². The summed E-state index contributed by atoms with van der Waals surface area (Å²) in [5, 5.41) is 3.30. The van der Waals surface area contributed by atoms with E-state index >= 15 is 0 Å². The van der Waals surface area contributed by atoms with Gasteiger partial charge in [0.05, 0.1) is 0 Å². The molecule has 3 N–H and O–H groups in total. The normalized spacial score (nSPS) is 16.1. The second-order valence-electron chi connectivity index (χ2n) is 5.73. The molecule has 7 heteroatoms. The Labute approximate surface area is 122 Å². The standard InChI is InChI=1S/C14H22N4O3/c1-9(2)18(8-10-3-5-15-6-4-10)13(20)11-7-16-14(21)17-12(11)19/h7,9-10,15H,3-6,8H2,1-2H3,(H2,16,17,19,21). The van der Waals surface area contributed by atoms with Crippen LogP contribution in [0.4, 0.5) is 0 Å². The highest BCUT2D eigenvalue weighted by Crippen LogP contribution is 2.16. The van der Waals surface area contributed by atoms with Crippen LogP contribution in [0.15, 0.2) is 15.8 Å². The van der Waals surface area contributed by atoms with E-state index < -0.39 is 11.2 Å². The van der Waals surface area contributed by atoms with Crippen molar-refractivity contribution in [2.24, 2.45) is 5.92 Å². The topological polar surface area (TPSA) is 98.1 Å². The Morgan fingerprint density at radius 1 is 1.33 bits per heavy atom. The van der Waals surface area contributed by atoms with Crippen LogP contribution in [0.1, 0.15) is 37.0 Å². The van der Waals surface area contributed by atoms with E-state index in [1.807, 2.05) is 13.8 Å². The molecule has 21 heavy (non-hydrogen) atoms. The van der Waals surface area contributed by atoms with Gasteiger partial charge >= 0.3 is 5.69 Å². The van der Waals surface area contributed by atoms with Crippen LogP contribution in [-0.2, 0) is 0 Å². The SMILES string of the molecule is CC(C)N(CC1CCNCC1)C(=O)c1c[nH]c(=O)[nH]c1=O. The van der Waals surface area contributed by atoms with Crippen LogP contribution >= 0.6 is 0 Å². The van der Waals surface area contributed by atoms with Gasteiger partial charge in [-0.25, -0.2) is 4.79 Å². The summed E-state index contributed by atoms with van der Waals surface area (Å²) in [6, 6.07) is -0.00119. The highest BCUT2D eigenvalue weighted by molar-refractivity contribution is 5.93. The zero-order valence-corrected chi connectivity index (χ0v) is 12.4. The Hall–Kier alpha value is -1.89. The molecule has 1 amide bonds. The molecule has 0 aliphatic carbocycles. The van der Waals surface area contributed by atoms with Crippen molar-refractivity contribution in [2.75, 3.05) is 19.6 Å². The summed E-state index contributed by atoms with van der Waals surface area (Å²) in [6.07, 6.45) is 3.25. The van der Waals surface area contributed by atoms with E-state index in [2.05, 4.69) is 15.3 Å². The number of hydrogen-bond donors (Lipinski definition) is 3. The molecule has 1 aliphatic rings. The van der Waals surface area contributed by atoms with E-state index in [4.69, 9.17) is 0 Å². The summed E-state index contributed by atoms with van der Waals surface area (Å²) in [5.74, 6) is 0.112. The van der Waals surface area contributed by atoms with Crippen molar-refractivity contribution in [2.45, 2.75) is 32.7 Å². The Kier molecular flexibility index (Phi) is 4.95. The Bertz CT molecular complexity index is 599. The number of H-pyrrole nitrogens is 2. The van der Waals surface area contributed by atoms with Gasteiger partial charge in [0.25, 0.3) is 11.5 Å². The molecular weight excluding hydrogens is 272 g/mol. The summed E-state index contributed by atoms with van der Waals surface area (Å²) in [7, 11) is 0. The minimum Gasteiger partial charge on any atom is -0.336 e. The highest BCUT2D eigenvalue weighted by Gasteiger charge is 2.25. The number of aromatic amines is 2. The minimum atomic E-state index is -0.639. The van der Waals surface area contributed by atoms with Crippen LogP contribution in [0.25, 0.3) is 0 Å². The number of amides is 1. The molecule has 1 fully saturated rings. The van der Waals surface area contributed by atoms with Crippen LogP contribution in [0.3, 0.4) is 0 Å². The third kappa shape index (κ3) is 3.81. The summed E-state index contributed by atoms with van der Waals surface area (Å²) in [5.41, 5.74) is -1.26. The van der Waals surface area contributed by atoms with Crippen LogP contribution in [0, 0.1) is 5.92 Å². The van der Waals surface area contributed by atoms with Gasteiger partial charge in [0.2, 0.25) is 0 Å². The number of carbonyl (C=O) groups excluding carboxylic acids is 1. The van der Waals surface area contributed by atoms with Gasteiger partial charge in [-0.05, 0) is 45.7 Å². The van der Waals surface area contributed by atoms with E-state index in [1.165, 1.54) is 6.20 Å². The maximum absolute atomic E-state index is 12.6. The number of hydrogen-bond acceptors (Lipinski definition) is 4. The second-order valence-corrected chi connectivity index (χ2v) is 5.73. The first-order chi connectivity index (χ1) is 9.99. The molecule has 0 bridgehead atoms. The molecule has 2 rings (SSSR count). The van der Waals surface area contributed by atoms with Crippen molar-refractivity contribution in [3.8, 4) is 0 Å². The Morgan fingerprint density at radius 2 is 2.00 bits per heavy atom. The highest BCUT2D eigenvalue weighted by atomic mass is 16.2. The zero-order chi connectivity index (χ0) is 15.4. The van der Waals surface area contributed by atoms with Crippen LogP contribution in [0.5, 0.6) is 0 Å². The van der Waals surface area contributed by atoms with Crippen molar-refractivity contribution in [3.05, 3.63) is 32.6 Å². The molecule has 1 saturated heterocycles. The van der Waals surface area contributed by atoms with E-state index in [9.17, 15) is 14.4 Å². The smallest absolute Gasteiger partial charge is 0.325 e. The average molecular weight is 294 g/mol. The van der Waals surface area contributed by atoms with Gasteiger partial charge in [-0.1, -0.05) is 0 Å². The number of rotatable bonds is 4. The molecule has 1 aromatic rings. The van der Waals surface area contributed by atoms with Crippen molar-refractivity contribution in [3.63, 3.8) is 0 Å². The van der Waals surface area contributed by atoms with Crippen LogP contribution < -0.4 is 16.6 Å². The first-order valence-electron chi connectivity index (χ1n) is 7.32. The molecule has 0 unspecified atom stereocenters. The summed E-state index contributed by atoms with van der Waals surface area (Å²) < 4.78 is 0. The quantitative estimate of drug-likeness (QED) is 0.723. The second kappa shape index (κ2) is 6.71. The van der Waals surface area contributed by atoms with Crippen molar-refractivity contribution < 1.29 is 4.79 Å². The lowest BCUT2D eigenvalue weighted by molar-refractivity contribution is 0.0655. The average Bonchev–Trinajstić information content (AvgIpc) is 2.45. The minimum absolute atomic E-state index is 0.00119. The molecular formula is C14H22N4O3. The third-order valence-corrected chi connectivity index (χ3v) is 3.85. The van der Waals surface area contributed by atoms with Gasteiger partial charge in [-0.3, -0.25) is 14.6 Å². The third-order valence-electron chi connectivity index (χ3n) is 3.85. The Balaban J connectivity index is 2.18. The van der Waals surface area contributed by atoms with Crippen molar-refractivity contribution in [1.29, 1.82) is 0 Å². The monoisotopic (exact) mass is 294 g/mol. The molecule has 1 aromatic heterocycles. The summed E-state index contributed by atoms with van der Waals surface area (Å²) >= 11 is 0. The van der Waals surface area contributed by atoms with Crippen molar-refractivity contribution >= 4 is 5.91 Å².